The van der Waals surface area contributed by atoms with Crippen LogP contribution in [0.1, 0.15) is 13.8 Å². The van der Waals surface area contributed by atoms with Gasteiger partial charge in [-0.25, -0.2) is 8.42 Å². The summed E-state index contributed by atoms with van der Waals surface area (Å²) < 4.78 is 23.9. The van der Waals surface area contributed by atoms with Crippen molar-refractivity contribution in [3.05, 3.63) is 24.3 Å². The van der Waals surface area contributed by atoms with Crippen LogP contribution in [0.25, 0.3) is 0 Å². The van der Waals surface area contributed by atoms with Gasteiger partial charge < -0.3 is 10.0 Å². The van der Waals surface area contributed by atoms with Crippen LogP contribution in [0.2, 0.25) is 0 Å². The zero-order valence-corrected chi connectivity index (χ0v) is 11.1. The van der Waals surface area contributed by atoms with Crippen LogP contribution in [0, 0.1) is 0 Å². The van der Waals surface area contributed by atoms with Crippen molar-refractivity contribution in [2.24, 2.45) is 0 Å². The highest BCUT2D eigenvalue weighted by Crippen LogP contribution is 2.25. The van der Waals surface area contributed by atoms with Crippen LogP contribution in [-0.2, 0) is 9.84 Å². The molecule has 0 bridgehead atoms. The van der Waals surface area contributed by atoms with Crippen LogP contribution in [0.4, 0.5) is 5.69 Å². The van der Waals surface area contributed by atoms with Gasteiger partial charge in [0.15, 0.2) is 9.84 Å². The minimum Gasteiger partial charge on any atom is -0.395 e. The lowest BCUT2D eigenvalue weighted by atomic mass is 10.3. The summed E-state index contributed by atoms with van der Waals surface area (Å²) in [5, 5.41) is 8.99. The minimum atomic E-state index is -3.23. The van der Waals surface area contributed by atoms with E-state index >= 15 is 0 Å². The fraction of sp³-hybridized carbons (Fsp3) is 0.500. The summed E-state index contributed by atoms with van der Waals surface area (Å²) in [5.41, 5.74) is 0.672. The van der Waals surface area contributed by atoms with Gasteiger partial charge in [-0.1, -0.05) is 19.1 Å². The summed E-state index contributed by atoms with van der Waals surface area (Å²) in [6, 6.07) is 6.93. The van der Waals surface area contributed by atoms with E-state index < -0.39 is 9.84 Å². The molecule has 0 amide bonds. The van der Waals surface area contributed by atoms with Crippen molar-refractivity contribution in [2.75, 3.05) is 30.3 Å². The minimum absolute atomic E-state index is 0.00828. The number of rotatable bonds is 6. The van der Waals surface area contributed by atoms with E-state index in [0.29, 0.717) is 23.7 Å². The summed E-state index contributed by atoms with van der Waals surface area (Å²) in [4.78, 5) is 2.21. The highest BCUT2D eigenvalue weighted by atomic mass is 32.2. The molecule has 0 radical (unpaired) electrons. The number of benzene rings is 1. The lowest BCUT2D eigenvalue weighted by Crippen LogP contribution is -2.27. The SMILES string of the molecule is CCN(CCO)c1ccccc1S(=O)(=O)CC. The van der Waals surface area contributed by atoms with Crippen LogP contribution in [-0.4, -0.2) is 39.0 Å². The van der Waals surface area contributed by atoms with Gasteiger partial charge in [-0.05, 0) is 19.1 Å². The first-order chi connectivity index (χ1) is 8.06. The standard InChI is InChI=1S/C12H19NO3S/c1-3-13(9-10-14)11-7-5-6-8-12(11)17(15,16)4-2/h5-8,14H,3-4,9-10H2,1-2H3. The molecule has 17 heavy (non-hydrogen) atoms. The summed E-state index contributed by atoms with van der Waals surface area (Å²) in [5.74, 6) is 0.0840. The van der Waals surface area contributed by atoms with Gasteiger partial charge >= 0.3 is 0 Å². The fourth-order valence-corrected chi connectivity index (χ4v) is 2.82. The molecule has 0 spiro atoms. The largest absolute Gasteiger partial charge is 0.395 e. The third-order valence-electron chi connectivity index (χ3n) is 2.67. The summed E-state index contributed by atoms with van der Waals surface area (Å²) in [6.07, 6.45) is 0. The number of aliphatic hydroxyl groups excluding tert-OH is 1. The molecule has 0 atom stereocenters. The summed E-state index contributed by atoms with van der Waals surface area (Å²) in [6.45, 7) is 4.68. The molecule has 1 N–H and O–H groups in total. The maximum Gasteiger partial charge on any atom is 0.180 e. The van der Waals surface area contributed by atoms with Crippen molar-refractivity contribution < 1.29 is 13.5 Å². The Balaban J connectivity index is 3.24. The number of para-hydroxylation sites is 1. The maximum absolute atomic E-state index is 12.0. The monoisotopic (exact) mass is 257 g/mol. The predicted molar refractivity (Wildman–Crippen MR) is 69.1 cm³/mol. The summed E-state index contributed by atoms with van der Waals surface area (Å²) in [7, 11) is -3.23. The molecule has 0 saturated carbocycles. The molecule has 1 aromatic rings. The van der Waals surface area contributed by atoms with Crippen LogP contribution < -0.4 is 4.90 Å². The van der Waals surface area contributed by atoms with Crippen LogP contribution in [0.3, 0.4) is 0 Å². The third kappa shape index (κ3) is 3.20. The second-order valence-electron chi connectivity index (χ2n) is 3.67. The van der Waals surface area contributed by atoms with Gasteiger partial charge in [0, 0.05) is 13.1 Å². The Kier molecular flexibility index (Phi) is 4.96. The second-order valence-corrected chi connectivity index (χ2v) is 5.92. The fourth-order valence-electron chi connectivity index (χ4n) is 1.71. The van der Waals surface area contributed by atoms with Crippen molar-refractivity contribution in [2.45, 2.75) is 18.7 Å². The van der Waals surface area contributed by atoms with Crippen molar-refractivity contribution in [1.82, 2.24) is 0 Å². The number of hydrogen-bond acceptors (Lipinski definition) is 4. The molecular weight excluding hydrogens is 238 g/mol. The topological polar surface area (TPSA) is 57.6 Å². The molecule has 0 heterocycles. The third-order valence-corrected chi connectivity index (χ3v) is 4.45. The van der Waals surface area contributed by atoms with E-state index in [9.17, 15) is 8.42 Å². The van der Waals surface area contributed by atoms with Crippen molar-refractivity contribution >= 4 is 15.5 Å². The average Bonchev–Trinajstić information content (AvgIpc) is 2.36. The Hall–Kier alpha value is -1.07. The molecule has 5 heteroatoms. The van der Waals surface area contributed by atoms with Gasteiger partial charge in [-0.2, -0.15) is 0 Å². The van der Waals surface area contributed by atoms with E-state index in [2.05, 4.69) is 0 Å². The predicted octanol–water partition coefficient (Wildman–Crippen LogP) is 1.30. The number of likely N-dealkylation sites (N-methyl/N-ethyl adjacent to an activating group) is 1. The zero-order chi connectivity index (χ0) is 12.9. The van der Waals surface area contributed by atoms with E-state index in [1.54, 1.807) is 25.1 Å². The van der Waals surface area contributed by atoms with E-state index in [1.807, 2.05) is 17.9 Å². The summed E-state index contributed by atoms with van der Waals surface area (Å²) >= 11 is 0. The molecule has 0 aliphatic rings. The van der Waals surface area contributed by atoms with Crippen LogP contribution in [0.5, 0.6) is 0 Å². The van der Waals surface area contributed by atoms with Crippen molar-refractivity contribution in [1.29, 1.82) is 0 Å². The van der Waals surface area contributed by atoms with Gasteiger partial charge in [0.1, 0.15) is 0 Å². The number of aliphatic hydroxyl groups is 1. The molecule has 0 aliphatic heterocycles. The zero-order valence-electron chi connectivity index (χ0n) is 10.3. The molecule has 0 unspecified atom stereocenters. The lowest BCUT2D eigenvalue weighted by molar-refractivity contribution is 0.302. The Morgan fingerprint density at radius 2 is 1.88 bits per heavy atom. The lowest BCUT2D eigenvalue weighted by Gasteiger charge is -2.24. The molecule has 1 aromatic carbocycles. The van der Waals surface area contributed by atoms with Crippen LogP contribution >= 0.6 is 0 Å². The Bertz CT molecular complexity index is 457. The van der Waals surface area contributed by atoms with Gasteiger partial charge in [0.05, 0.1) is 22.9 Å². The van der Waals surface area contributed by atoms with E-state index in [0.717, 1.165) is 0 Å². The second kappa shape index (κ2) is 6.02. The maximum atomic E-state index is 12.0. The highest BCUT2D eigenvalue weighted by molar-refractivity contribution is 7.91. The van der Waals surface area contributed by atoms with Gasteiger partial charge in [0.2, 0.25) is 0 Å². The molecule has 4 nitrogen and oxygen atoms in total. The number of sulfone groups is 1. The Labute approximate surface area is 103 Å². The van der Waals surface area contributed by atoms with Crippen molar-refractivity contribution in [3.63, 3.8) is 0 Å². The number of nitrogens with zero attached hydrogens (tertiary/aromatic N) is 1. The molecule has 0 aromatic heterocycles. The van der Waals surface area contributed by atoms with Gasteiger partial charge in [-0.3, -0.25) is 0 Å². The first kappa shape index (κ1) is 14.0. The van der Waals surface area contributed by atoms with E-state index in [1.165, 1.54) is 0 Å². The van der Waals surface area contributed by atoms with Gasteiger partial charge in [-0.15, -0.1) is 0 Å². The van der Waals surface area contributed by atoms with E-state index in [4.69, 9.17) is 5.11 Å². The molecule has 96 valence electrons. The molecular formula is C12H19NO3S. The van der Waals surface area contributed by atoms with E-state index in [-0.39, 0.29) is 12.4 Å². The number of hydrogen-bond donors (Lipinski definition) is 1. The Morgan fingerprint density at radius 3 is 2.41 bits per heavy atom. The quantitative estimate of drug-likeness (QED) is 0.834. The smallest absolute Gasteiger partial charge is 0.180 e. The number of anilines is 1. The highest BCUT2D eigenvalue weighted by Gasteiger charge is 2.18. The molecule has 0 fully saturated rings. The molecule has 1 rings (SSSR count). The molecule has 0 aliphatic carbocycles. The first-order valence-electron chi connectivity index (χ1n) is 5.74. The van der Waals surface area contributed by atoms with Gasteiger partial charge in [0.25, 0.3) is 0 Å². The van der Waals surface area contributed by atoms with Crippen molar-refractivity contribution in [3.8, 4) is 0 Å². The average molecular weight is 257 g/mol. The molecule has 0 saturated heterocycles. The normalized spacial score (nSPS) is 11.5. The van der Waals surface area contributed by atoms with Crippen LogP contribution in [0.15, 0.2) is 29.2 Å². The Morgan fingerprint density at radius 1 is 1.24 bits per heavy atom. The first-order valence-corrected chi connectivity index (χ1v) is 7.39.